The van der Waals surface area contributed by atoms with Crippen LogP contribution in [0.5, 0.6) is 0 Å². The Labute approximate surface area is 127 Å². The van der Waals surface area contributed by atoms with Crippen molar-refractivity contribution in [2.45, 2.75) is 19.4 Å². The Morgan fingerprint density at radius 1 is 1.50 bits per heavy atom. The minimum atomic E-state index is -1.15. The van der Waals surface area contributed by atoms with E-state index < -0.39 is 17.9 Å². The summed E-state index contributed by atoms with van der Waals surface area (Å²) in [7, 11) is 0. The lowest BCUT2D eigenvalue weighted by molar-refractivity contribution is -0.141. The van der Waals surface area contributed by atoms with Gasteiger partial charge in [0.1, 0.15) is 11.9 Å². The van der Waals surface area contributed by atoms with Crippen LogP contribution in [0.15, 0.2) is 18.3 Å². The van der Waals surface area contributed by atoms with E-state index in [1.54, 1.807) is 18.3 Å². The van der Waals surface area contributed by atoms with Crippen LogP contribution in [0.4, 0.5) is 4.39 Å². The summed E-state index contributed by atoms with van der Waals surface area (Å²) in [6.45, 7) is 1.24. The molecule has 0 aliphatic heterocycles. The molecule has 1 aromatic carbocycles. The van der Waals surface area contributed by atoms with E-state index in [1.807, 2.05) is 22.6 Å². The SMILES string of the molecule is CC(=O)NC(Cc1c[nH]c2ccc(I)c(F)c12)C(=O)O. The molecule has 2 aromatic rings. The normalized spacial score (nSPS) is 12.3. The van der Waals surface area contributed by atoms with Gasteiger partial charge in [-0.25, -0.2) is 9.18 Å². The summed E-state index contributed by atoms with van der Waals surface area (Å²) >= 11 is 1.88. The Bertz CT molecular complexity index is 684. The van der Waals surface area contributed by atoms with Crippen molar-refractivity contribution in [3.63, 3.8) is 0 Å². The molecule has 0 aliphatic carbocycles. The van der Waals surface area contributed by atoms with Crippen molar-refractivity contribution >= 4 is 45.4 Å². The zero-order chi connectivity index (χ0) is 14.9. The fourth-order valence-electron chi connectivity index (χ4n) is 2.05. The lowest BCUT2D eigenvalue weighted by atomic mass is 10.0. The van der Waals surface area contributed by atoms with E-state index in [2.05, 4.69) is 10.3 Å². The number of carboxylic acids is 1. The predicted octanol–water partition coefficient (Wildman–Crippen LogP) is 2.04. The number of aromatic nitrogens is 1. The standard InChI is InChI=1S/C13H12FIN2O3/c1-6(18)17-10(13(19)20)4-7-5-16-9-3-2-8(15)12(14)11(7)9/h2-3,5,10,16H,4H2,1H3,(H,17,18)(H,19,20). The molecule has 1 heterocycles. The van der Waals surface area contributed by atoms with Gasteiger partial charge in [0.2, 0.25) is 5.91 Å². The van der Waals surface area contributed by atoms with Crippen molar-refractivity contribution in [3.05, 3.63) is 33.3 Å². The van der Waals surface area contributed by atoms with E-state index in [-0.39, 0.29) is 12.2 Å². The number of hydrogen-bond acceptors (Lipinski definition) is 2. The molecule has 5 nitrogen and oxygen atoms in total. The van der Waals surface area contributed by atoms with Crippen LogP contribution in [0.1, 0.15) is 12.5 Å². The monoisotopic (exact) mass is 390 g/mol. The zero-order valence-electron chi connectivity index (χ0n) is 10.5. The molecule has 1 unspecified atom stereocenters. The van der Waals surface area contributed by atoms with Crippen LogP contribution in [0.2, 0.25) is 0 Å². The van der Waals surface area contributed by atoms with Gasteiger partial charge in [-0.3, -0.25) is 4.79 Å². The molecular weight excluding hydrogens is 378 g/mol. The molecule has 0 saturated carbocycles. The number of nitrogens with one attached hydrogen (secondary N) is 2. The molecular formula is C13H12FIN2O3. The number of carbonyl (C=O) groups is 2. The number of carboxylic acid groups (broad SMARTS) is 1. The highest BCUT2D eigenvalue weighted by atomic mass is 127. The first-order chi connectivity index (χ1) is 9.40. The second kappa shape index (κ2) is 5.78. The smallest absolute Gasteiger partial charge is 0.326 e. The third-order valence-corrected chi connectivity index (χ3v) is 3.75. The summed E-state index contributed by atoms with van der Waals surface area (Å²) in [6.07, 6.45) is 1.59. The van der Waals surface area contributed by atoms with Crippen LogP contribution in [0.25, 0.3) is 10.9 Å². The molecule has 1 atom stereocenters. The minimum Gasteiger partial charge on any atom is -0.480 e. The maximum atomic E-state index is 14.1. The van der Waals surface area contributed by atoms with Crippen molar-refractivity contribution in [1.29, 1.82) is 0 Å². The average molecular weight is 390 g/mol. The molecule has 106 valence electrons. The summed E-state index contributed by atoms with van der Waals surface area (Å²) in [5.74, 6) is -1.97. The second-order valence-electron chi connectivity index (χ2n) is 4.39. The molecule has 7 heteroatoms. The van der Waals surface area contributed by atoms with E-state index in [4.69, 9.17) is 5.11 Å². The molecule has 2 rings (SSSR count). The molecule has 0 aliphatic rings. The number of amides is 1. The first-order valence-electron chi connectivity index (χ1n) is 5.84. The van der Waals surface area contributed by atoms with Crippen molar-refractivity contribution in [3.8, 4) is 0 Å². The number of aromatic amines is 1. The Hall–Kier alpha value is -1.64. The lowest BCUT2D eigenvalue weighted by Gasteiger charge is -2.12. The van der Waals surface area contributed by atoms with Crippen molar-refractivity contribution < 1.29 is 19.1 Å². The number of rotatable bonds is 4. The third kappa shape index (κ3) is 2.92. The number of carbonyl (C=O) groups excluding carboxylic acids is 1. The van der Waals surface area contributed by atoms with Gasteiger partial charge in [0.15, 0.2) is 0 Å². The largest absolute Gasteiger partial charge is 0.480 e. The number of fused-ring (bicyclic) bond motifs is 1. The van der Waals surface area contributed by atoms with Crippen LogP contribution in [0, 0.1) is 9.39 Å². The van der Waals surface area contributed by atoms with Gasteiger partial charge in [-0.2, -0.15) is 0 Å². The molecule has 0 spiro atoms. The second-order valence-corrected chi connectivity index (χ2v) is 5.56. The van der Waals surface area contributed by atoms with E-state index in [1.165, 1.54) is 6.92 Å². The van der Waals surface area contributed by atoms with Crippen LogP contribution in [-0.2, 0) is 16.0 Å². The first-order valence-corrected chi connectivity index (χ1v) is 6.92. The predicted molar refractivity (Wildman–Crippen MR) is 79.9 cm³/mol. The molecule has 0 fully saturated rings. The topological polar surface area (TPSA) is 82.2 Å². The number of aliphatic carboxylic acids is 1. The van der Waals surface area contributed by atoms with Gasteiger partial charge in [0.25, 0.3) is 0 Å². The van der Waals surface area contributed by atoms with Gasteiger partial charge in [-0.15, -0.1) is 0 Å². The molecule has 1 amide bonds. The Morgan fingerprint density at radius 2 is 2.20 bits per heavy atom. The maximum Gasteiger partial charge on any atom is 0.326 e. The summed E-state index contributed by atoms with van der Waals surface area (Å²) in [5, 5.41) is 11.8. The molecule has 20 heavy (non-hydrogen) atoms. The Kier molecular flexibility index (Phi) is 4.26. The fourth-order valence-corrected chi connectivity index (χ4v) is 2.50. The van der Waals surface area contributed by atoms with Gasteiger partial charge in [-0.05, 0) is 40.3 Å². The van der Waals surface area contributed by atoms with E-state index in [0.29, 0.717) is 20.0 Å². The van der Waals surface area contributed by atoms with Gasteiger partial charge >= 0.3 is 5.97 Å². The van der Waals surface area contributed by atoms with Crippen LogP contribution in [-0.4, -0.2) is 28.0 Å². The number of benzene rings is 1. The average Bonchev–Trinajstić information content (AvgIpc) is 2.76. The lowest BCUT2D eigenvalue weighted by Crippen LogP contribution is -2.41. The highest BCUT2D eigenvalue weighted by molar-refractivity contribution is 14.1. The summed E-state index contributed by atoms with van der Waals surface area (Å²) < 4.78 is 14.6. The van der Waals surface area contributed by atoms with E-state index in [0.717, 1.165) is 0 Å². The minimum absolute atomic E-state index is 0.0198. The van der Waals surface area contributed by atoms with Gasteiger partial charge in [-0.1, -0.05) is 0 Å². The fraction of sp³-hybridized carbons (Fsp3) is 0.231. The van der Waals surface area contributed by atoms with Gasteiger partial charge < -0.3 is 15.4 Å². The number of H-pyrrole nitrogens is 1. The first kappa shape index (κ1) is 14.8. The summed E-state index contributed by atoms with van der Waals surface area (Å²) in [6, 6.07) is 2.29. The molecule has 3 N–H and O–H groups in total. The van der Waals surface area contributed by atoms with Crippen LogP contribution < -0.4 is 5.32 Å². The maximum absolute atomic E-state index is 14.1. The van der Waals surface area contributed by atoms with E-state index in [9.17, 15) is 14.0 Å². The Morgan fingerprint density at radius 3 is 2.80 bits per heavy atom. The van der Waals surface area contributed by atoms with Crippen LogP contribution in [0.3, 0.4) is 0 Å². The highest BCUT2D eigenvalue weighted by Gasteiger charge is 2.22. The van der Waals surface area contributed by atoms with Gasteiger partial charge in [0, 0.05) is 34.0 Å². The zero-order valence-corrected chi connectivity index (χ0v) is 12.7. The summed E-state index contributed by atoms with van der Waals surface area (Å²) in [5.41, 5.74) is 1.13. The summed E-state index contributed by atoms with van der Waals surface area (Å²) in [4.78, 5) is 25.0. The Balaban J connectivity index is 2.40. The quantitative estimate of drug-likeness (QED) is 0.699. The third-order valence-electron chi connectivity index (χ3n) is 2.92. The van der Waals surface area contributed by atoms with Gasteiger partial charge in [0.05, 0.1) is 0 Å². The van der Waals surface area contributed by atoms with Crippen LogP contribution >= 0.6 is 22.6 Å². The van der Waals surface area contributed by atoms with Crippen molar-refractivity contribution in [2.24, 2.45) is 0 Å². The number of hydrogen-bond donors (Lipinski definition) is 3. The molecule has 0 radical (unpaired) electrons. The molecule has 1 aromatic heterocycles. The van der Waals surface area contributed by atoms with Crippen molar-refractivity contribution in [1.82, 2.24) is 10.3 Å². The highest BCUT2D eigenvalue weighted by Crippen LogP contribution is 2.26. The number of halogens is 2. The van der Waals surface area contributed by atoms with E-state index >= 15 is 0 Å². The van der Waals surface area contributed by atoms with Crippen molar-refractivity contribution in [2.75, 3.05) is 0 Å². The molecule has 0 bridgehead atoms. The molecule has 0 saturated heterocycles.